The van der Waals surface area contributed by atoms with Crippen LogP contribution in [0.5, 0.6) is 0 Å². The van der Waals surface area contributed by atoms with Crippen LogP contribution in [0.25, 0.3) is 11.3 Å². The van der Waals surface area contributed by atoms with Gasteiger partial charge in [-0.3, -0.25) is 0 Å². The van der Waals surface area contributed by atoms with E-state index in [1.807, 2.05) is 19.9 Å². The molecule has 0 unspecified atom stereocenters. The van der Waals surface area contributed by atoms with Crippen LogP contribution in [0.15, 0.2) is 24.5 Å². The van der Waals surface area contributed by atoms with E-state index in [2.05, 4.69) is 22.2 Å². The monoisotopic (exact) mass is 273 g/mol. The molecule has 1 aromatic heterocycles. The van der Waals surface area contributed by atoms with Gasteiger partial charge < -0.3 is 5.32 Å². The van der Waals surface area contributed by atoms with E-state index in [9.17, 15) is 4.39 Å². The highest BCUT2D eigenvalue weighted by Gasteiger charge is 2.15. The molecule has 2 rings (SSSR count). The fraction of sp³-hybridized carbons (Fsp3) is 0.375. The van der Waals surface area contributed by atoms with Crippen LogP contribution in [0.1, 0.15) is 31.4 Å². The molecule has 0 spiro atoms. The minimum absolute atomic E-state index is 0.242. The summed E-state index contributed by atoms with van der Waals surface area (Å²) in [4.78, 5) is 8.60. The number of nitrogens with zero attached hydrogens (tertiary/aromatic N) is 2. The number of rotatable bonds is 5. The smallest absolute Gasteiger partial charge is 0.133 e. The molecule has 0 amide bonds. The number of aryl methyl sites for hydroxylation is 1. The van der Waals surface area contributed by atoms with E-state index in [0.717, 1.165) is 36.3 Å². The van der Waals surface area contributed by atoms with Gasteiger partial charge in [0.05, 0.1) is 5.69 Å². The number of nitrogens with one attached hydrogen (secondary N) is 1. The van der Waals surface area contributed by atoms with E-state index < -0.39 is 0 Å². The van der Waals surface area contributed by atoms with E-state index in [1.165, 1.54) is 12.4 Å². The lowest BCUT2D eigenvalue weighted by Crippen LogP contribution is -2.07. The van der Waals surface area contributed by atoms with Crippen molar-refractivity contribution >= 4 is 5.82 Å². The molecule has 1 heterocycles. The van der Waals surface area contributed by atoms with Gasteiger partial charge in [-0.2, -0.15) is 0 Å². The van der Waals surface area contributed by atoms with Crippen LogP contribution in [0.3, 0.4) is 0 Å². The summed E-state index contributed by atoms with van der Waals surface area (Å²) < 4.78 is 14.1. The molecule has 0 saturated heterocycles. The van der Waals surface area contributed by atoms with Gasteiger partial charge in [-0.1, -0.05) is 25.0 Å². The molecule has 0 radical (unpaired) electrons. The van der Waals surface area contributed by atoms with Gasteiger partial charge in [-0.15, -0.1) is 0 Å². The third-order valence-electron chi connectivity index (χ3n) is 3.17. The Morgan fingerprint density at radius 2 is 2.00 bits per heavy atom. The predicted molar refractivity (Wildman–Crippen MR) is 80.3 cm³/mol. The van der Waals surface area contributed by atoms with Crippen molar-refractivity contribution in [2.75, 3.05) is 11.9 Å². The summed E-state index contributed by atoms with van der Waals surface area (Å²) in [7, 11) is 0. The first-order valence-electron chi connectivity index (χ1n) is 7.01. The van der Waals surface area contributed by atoms with Crippen LogP contribution >= 0.6 is 0 Å². The van der Waals surface area contributed by atoms with Gasteiger partial charge in [-0.25, -0.2) is 14.4 Å². The highest BCUT2D eigenvalue weighted by Crippen LogP contribution is 2.29. The van der Waals surface area contributed by atoms with E-state index in [1.54, 1.807) is 6.07 Å². The van der Waals surface area contributed by atoms with Crippen molar-refractivity contribution in [2.24, 2.45) is 0 Å². The number of anilines is 1. The van der Waals surface area contributed by atoms with Crippen molar-refractivity contribution in [1.29, 1.82) is 0 Å². The summed E-state index contributed by atoms with van der Waals surface area (Å²) in [6.07, 6.45) is 3.28. The number of hydrogen-bond donors (Lipinski definition) is 1. The minimum Gasteiger partial charge on any atom is -0.370 e. The average Bonchev–Trinajstić information content (AvgIpc) is 2.44. The molecule has 2 aromatic rings. The Balaban J connectivity index is 2.60. The van der Waals surface area contributed by atoms with Crippen molar-refractivity contribution in [1.82, 2.24) is 9.97 Å². The summed E-state index contributed by atoms with van der Waals surface area (Å²) in [5.74, 6) is 0.564. The van der Waals surface area contributed by atoms with E-state index in [0.29, 0.717) is 11.3 Å². The van der Waals surface area contributed by atoms with Crippen LogP contribution < -0.4 is 5.32 Å². The first-order chi connectivity index (χ1) is 9.67. The second-order valence-corrected chi connectivity index (χ2v) is 4.81. The number of halogens is 1. The molecule has 0 aliphatic heterocycles. The molecule has 3 nitrogen and oxygen atoms in total. The first kappa shape index (κ1) is 14.4. The van der Waals surface area contributed by atoms with Gasteiger partial charge in [0.1, 0.15) is 18.0 Å². The molecule has 4 heteroatoms. The average molecular weight is 273 g/mol. The van der Waals surface area contributed by atoms with E-state index in [-0.39, 0.29) is 5.82 Å². The number of hydrogen-bond acceptors (Lipinski definition) is 3. The molecule has 1 N–H and O–H groups in total. The maximum absolute atomic E-state index is 14.1. The van der Waals surface area contributed by atoms with Crippen molar-refractivity contribution in [2.45, 2.75) is 33.6 Å². The second-order valence-electron chi connectivity index (χ2n) is 4.81. The van der Waals surface area contributed by atoms with E-state index >= 15 is 0 Å². The van der Waals surface area contributed by atoms with Crippen LogP contribution in [0.4, 0.5) is 10.2 Å². The van der Waals surface area contributed by atoms with Crippen molar-refractivity contribution < 1.29 is 4.39 Å². The second kappa shape index (κ2) is 6.46. The quantitative estimate of drug-likeness (QED) is 0.895. The van der Waals surface area contributed by atoms with Gasteiger partial charge in [0.25, 0.3) is 0 Å². The van der Waals surface area contributed by atoms with Gasteiger partial charge in [0.2, 0.25) is 0 Å². The zero-order valence-corrected chi connectivity index (χ0v) is 12.2. The van der Waals surface area contributed by atoms with Gasteiger partial charge in [-0.05, 0) is 32.4 Å². The fourth-order valence-electron chi connectivity index (χ4n) is 2.27. The van der Waals surface area contributed by atoms with E-state index in [4.69, 9.17) is 0 Å². The fourth-order valence-corrected chi connectivity index (χ4v) is 2.27. The molecular formula is C16H20FN3. The Morgan fingerprint density at radius 3 is 2.70 bits per heavy atom. The lowest BCUT2D eigenvalue weighted by molar-refractivity contribution is 0.630. The topological polar surface area (TPSA) is 37.8 Å². The lowest BCUT2D eigenvalue weighted by Gasteiger charge is -2.14. The summed E-state index contributed by atoms with van der Waals surface area (Å²) in [5.41, 5.74) is 3.25. The SMILES string of the molecule is CCCc1c(NCC)ncnc1-c1cc(C)ccc1F. The summed E-state index contributed by atoms with van der Waals surface area (Å²) in [6, 6.07) is 5.10. The molecule has 0 saturated carbocycles. The maximum Gasteiger partial charge on any atom is 0.133 e. The highest BCUT2D eigenvalue weighted by atomic mass is 19.1. The number of aromatic nitrogens is 2. The normalized spacial score (nSPS) is 10.6. The standard InChI is InChI=1S/C16H20FN3/c1-4-6-12-15(19-10-20-16(12)18-5-2)13-9-11(3)7-8-14(13)17/h7-10H,4-6H2,1-3H3,(H,18,19,20). The molecule has 0 fully saturated rings. The third kappa shape index (κ3) is 2.95. The van der Waals surface area contributed by atoms with Crippen molar-refractivity contribution in [3.05, 3.63) is 41.5 Å². The minimum atomic E-state index is -0.242. The largest absolute Gasteiger partial charge is 0.370 e. The lowest BCUT2D eigenvalue weighted by atomic mass is 10.0. The molecular weight excluding hydrogens is 253 g/mol. The van der Waals surface area contributed by atoms with Crippen LogP contribution in [0, 0.1) is 12.7 Å². The van der Waals surface area contributed by atoms with Crippen molar-refractivity contribution in [3.63, 3.8) is 0 Å². The van der Waals surface area contributed by atoms with Crippen molar-refractivity contribution in [3.8, 4) is 11.3 Å². The Bertz CT molecular complexity index is 596. The summed E-state index contributed by atoms with van der Waals surface area (Å²) in [6.45, 7) is 6.85. The first-order valence-corrected chi connectivity index (χ1v) is 7.01. The summed E-state index contributed by atoms with van der Waals surface area (Å²) in [5, 5.41) is 3.23. The summed E-state index contributed by atoms with van der Waals surface area (Å²) >= 11 is 0. The van der Waals surface area contributed by atoms with Crippen LogP contribution in [-0.2, 0) is 6.42 Å². The zero-order valence-electron chi connectivity index (χ0n) is 12.2. The Labute approximate surface area is 119 Å². The Kier molecular flexibility index (Phi) is 4.66. The molecule has 0 aliphatic rings. The Morgan fingerprint density at radius 1 is 1.20 bits per heavy atom. The van der Waals surface area contributed by atoms with Crippen LogP contribution in [-0.4, -0.2) is 16.5 Å². The molecule has 106 valence electrons. The third-order valence-corrected chi connectivity index (χ3v) is 3.17. The Hall–Kier alpha value is -1.97. The predicted octanol–water partition coefficient (Wildman–Crippen LogP) is 3.98. The molecule has 0 aliphatic carbocycles. The maximum atomic E-state index is 14.1. The molecule has 1 aromatic carbocycles. The molecule has 0 bridgehead atoms. The van der Waals surface area contributed by atoms with Gasteiger partial charge >= 0.3 is 0 Å². The highest BCUT2D eigenvalue weighted by molar-refractivity contribution is 5.69. The van der Waals surface area contributed by atoms with Gasteiger partial charge in [0, 0.05) is 17.7 Å². The molecule has 0 atom stereocenters. The van der Waals surface area contributed by atoms with Crippen LogP contribution in [0.2, 0.25) is 0 Å². The number of benzene rings is 1. The zero-order chi connectivity index (χ0) is 14.5. The molecule has 20 heavy (non-hydrogen) atoms. The van der Waals surface area contributed by atoms with Gasteiger partial charge in [0.15, 0.2) is 0 Å².